The molecule has 0 amide bonds. The lowest BCUT2D eigenvalue weighted by molar-refractivity contribution is 0.0173. The Morgan fingerprint density at radius 2 is 2.14 bits per heavy atom. The Bertz CT molecular complexity index is 625. The second kappa shape index (κ2) is 6.98. The van der Waals surface area contributed by atoms with Crippen molar-refractivity contribution >= 4 is 29.5 Å². The van der Waals surface area contributed by atoms with Gasteiger partial charge in [-0.15, -0.1) is 0 Å². The summed E-state index contributed by atoms with van der Waals surface area (Å²) in [5.74, 6) is 0.0848. The molecule has 114 valence electrons. The number of H-pyrrole nitrogens is 1. The average Bonchev–Trinajstić information content (AvgIpc) is 2.90. The summed E-state index contributed by atoms with van der Waals surface area (Å²) >= 11 is 4.04. The minimum Gasteiger partial charge on any atom is -0.461 e. The predicted molar refractivity (Wildman–Crippen MR) is 83.7 cm³/mol. The summed E-state index contributed by atoms with van der Waals surface area (Å²) in [6, 6.07) is 6.95. The number of esters is 1. The van der Waals surface area contributed by atoms with E-state index in [2.05, 4.69) is 17.6 Å². The first-order valence-electron chi connectivity index (χ1n) is 6.83. The van der Waals surface area contributed by atoms with Crippen LogP contribution in [0.4, 0.5) is 0 Å². The number of rotatable bonds is 6. The van der Waals surface area contributed by atoms with E-state index in [-0.39, 0.29) is 0 Å². The molecule has 2 atom stereocenters. The Labute approximate surface area is 128 Å². The van der Waals surface area contributed by atoms with Crippen LogP contribution in [-0.2, 0) is 4.74 Å². The lowest BCUT2D eigenvalue weighted by Gasteiger charge is -2.17. The molecule has 6 heteroatoms. The second-order valence-corrected chi connectivity index (χ2v) is 5.22. The molecule has 1 heterocycles. The van der Waals surface area contributed by atoms with E-state index >= 15 is 0 Å². The van der Waals surface area contributed by atoms with Crippen molar-refractivity contribution in [2.24, 2.45) is 0 Å². The molecule has 2 rings (SSSR count). The van der Waals surface area contributed by atoms with Crippen LogP contribution in [0.5, 0.6) is 0 Å². The SMILES string of the molecule is CCOC(=O)c1cc2ccc(C(O)C(O)CCS)cc2[nH]1. The van der Waals surface area contributed by atoms with Crippen LogP contribution in [0.25, 0.3) is 10.9 Å². The summed E-state index contributed by atoms with van der Waals surface area (Å²) in [5, 5.41) is 20.8. The van der Waals surface area contributed by atoms with Crippen molar-refractivity contribution in [2.45, 2.75) is 25.6 Å². The van der Waals surface area contributed by atoms with Crippen LogP contribution < -0.4 is 0 Å². The van der Waals surface area contributed by atoms with E-state index in [1.807, 2.05) is 0 Å². The van der Waals surface area contributed by atoms with E-state index < -0.39 is 18.2 Å². The molecule has 1 aromatic heterocycles. The summed E-state index contributed by atoms with van der Waals surface area (Å²) < 4.78 is 4.94. The smallest absolute Gasteiger partial charge is 0.354 e. The number of hydrogen-bond acceptors (Lipinski definition) is 5. The lowest BCUT2D eigenvalue weighted by Crippen LogP contribution is -2.18. The molecule has 0 aliphatic carbocycles. The molecule has 0 aliphatic heterocycles. The molecule has 21 heavy (non-hydrogen) atoms. The second-order valence-electron chi connectivity index (χ2n) is 4.77. The van der Waals surface area contributed by atoms with E-state index in [1.54, 1.807) is 31.2 Å². The van der Waals surface area contributed by atoms with Crippen LogP contribution in [-0.4, -0.2) is 39.6 Å². The van der Waals surface area contributed by atoms with E-state index in [4.69, 9.17) is 4.74 Å². The molecular weight excluding hydrogens is 290 g/mol. The number of hydrogen-bond donors (Lipinski definition) is 4. The fourth-order valence-corrected chi connectivity index (χ4v) is 2.42. The lowest BCUT2D eigenvalue weighted by atomic mass is 10.0. The van der Waals surface area contributed by atoms with E-state index in [1.165, 1.54) is 0 Å². The third-order valence-electron chi connectivity index (χ3n) is 3.27. The minimum absolute atomic E-state index is 0.314. The van der Waals surface area contributed by atoms with Crippen molar-refractivity contribution in [3.8, 4) is 0 Å². The maximum Gasteiger partial charge on any atom is 0.354 e. The molecule has 5 nitrogen and oxygen atoms in total. The van der Waals surface area contributed by atoms with Gasteiger partial charge in [0.25, 0.3) is 0 Å². The van der Waals surface area contributed by atoms with Gasteiger partial charge in [-0.1, -0.05) is 12.1 Å². The number of nitrogens with one attached hydrogen (secondary N) is 1. The number of ether oxygens (including phenoxy) is 1. The Balaban J connectivity index is 2.27. The quantitative estimate of drug-likeness (QED) is 0.486. The van der Waals surface area contributed by atoms with Crippen LogP contribution in [0.1, 0.15) is 35.5 Å². The topological polar surface area (TPSA) is 82.6 Å². The Hall–Kier alpha value is -1.50. The Kier molecular flexibility index (Phi) is 5.27. The number of aromatic nitrogens is 1. The number of carbonyl (C=O) groups excluding carboxylic acids is 1. The first-order valence-corrected chi connectivity index (χ1v) is 7.46. The highest BCUT2D eigenvalue weighted by atomic mass is 32.1. The van der Waals surface area contributed by atoms with E-state index in [0.29, 0.717) is 35.6 Å². The molecule has 0 aliphatic rings. The van der Waals surface area contributed by atoms with Crippen LogP contribution >= 0.6 is 12.6 Å². The van der Waals surface area contributed by atoms with Gasteiger partial charge in [0.2, 0.25) is 0 Å². The number of benzene rings is 1. The van der Waals surface area contributed by atoms with Gasteiger partial charge < -0.3 is 19.9 Å². The zero-order chi connectivity index (χ0) is 15.4. The summed E-state index contributed by atoms with van der Waals surface area (Å²) in [7, 11) is 0. The van der Waals surface area contributed by atoms with Crippen LogP contribution in [0.15, 0.2) is 24.3 Å². The van der Waals surface area contributed by atoms with Crippen molar-refractivity contribution in [1.82, 2.24) is 4.98 Å². The molecule has 0 radical (unpaired) electrons. The van der Waals surface area contributed by atoms with Gasteiger partial charge in [0.1, 0.15) is 11.8 Å². The molecule has 0 saturated carbocycles. The summed E-state index contributed by atoms with van der Waals surface area (Å²) in [5.41, 5.74) is 1.68. The molecule has 2 aromatic rings. The van der Waals surface area contributed by atoms with Gasteiger partial charge in [-0.25, -0.2) is 4.79 Å². The number of aromatic amines is 1. The van der Waals surface area contributed by atoms with Crippen molar-refractivity contribution in [1.29, 1.82) is 0 Å². The molecule has 0 bridgehead atoms. The Morgan fingerprint density at radius 3 is 2.81 bits per heavy atom. The maximum atomic E-state index is 11.7. The predicted octanol–water partition coefficient (Wildman–Crippen LogP) is 2.06. The Morgan fingerprint density at radius 1 is 1.38 bits per heavy atom. The van der Waals surface area contributed by atoms with Gasteiger partial charge >= 0.3 is 5.97 Å². The fourth-order valence-electron chi connectivity index (χ4n) is 2.16. The van der Waals surface area contributed by atoms with Gasteiger partial charge in [-0.2, -0.15) is 12.6 Å². The molecule has 1 aromatic carbocycles. The number of aliphatic hydroxyl groups excluding tert-OH is 2. The first kappa shape index (κ1) is 15.9. The zero-order valence-electron chi connectivity index (χ0n) is 11.7. The van der Waals surface area contributed by atoms with Crippen molar-refractivity contribution in [2.75, 3.05) is 12.4 Å². The van der Waals surface area contributed by atoms with Crippen molar-refractivity contribution in [3.63, 3.8) is 0 Å². The van der Waals surface area contributed by atoms with Gasteiger partial charge in [0, 0.05) is 10.9 Å². The normalized spacial score (nSPS) is 14.1. The summed E-state index contributed by atoms with van der Waals surface area (Å²) in [6.45, 7) is 2.06. The third kappa shape index (κ3) is 3.58. The highest BCUT2D eigenvalue weighted by Crippen LogP contribution is 2.24. The minimum atomic E-state index is -0.976. The molecule has 0 fully saturated rings. The third-order valence-corrected chi connectivity index (χ3v) is 3.53. The maximum absolute atomic E-state index is 11.7. The number of thiol groups is 1. The average molecular weight is 309 g/mol. The van der Waals surface area contributed by atoms with Gasteiger partial charge in [0.15, 0.2) is 0 Å². The van der Waals surface area contributed by atoms with Gasteiger partial charge in [-0.3, -0.25) is 0 Å². The van der Waals surface area contributed by atoms with Crippen molar-refractivity contribution < 1.29 is 19.7 Å². The van der Waals surface area contributed by atoms with Crippen LogP contribution in [0.2, 0.25) is 0 Å². The van der Waals surface area contributed by atoms with Gasteiger partial charge in [0.05, 0.1) is 12.7 Å². The molecule has 2 unspecified atom stereocenters. The molecule has 0 spiro atoms. The van der Waals surface area contributed by atoms with E-state index in [9.17, 15) is 15.0 Å². The molecule has 3 N–H and O–H groups in total. The standard InChI is InChI=1S/C15H19NO4S/c1-2-20-15(19)12-7-9-3-4-10(8-11(9)16-12)14(18)13(17)5-6-21/h3-4,7-8,13-14,16-18,21H,2,5-6H2,1H3. The monoisotopic (exact) mass is 309 g/mol. The first-order chi connectivity index (χ1) is 10.1. The van der Waals surface area contributed by atoms with E-state index in [0.717, 1.165) is 5.39 Å². The summed E-state index contributed by atoms with van der Waals surface area (Å²) in [4.78, 5) is 14.6. The largest absolute Gasteiger partial charge is 0.461 e. The van der Waals surface area contributed by atoms with Crippen LogP contribution in [0, 0.1) is 0 Å². The number of fused-ring (bicyclic) bond motifs is 1. The zero-order valence-corrected chi connectivity index (χ0v) is 12.6. The highest BCUT2D eigenvalue weighted by molar-refractivity contribution is 7.80. The molecule has 0 saturated heterocycles. The van der Waals surface area contributed by atoms with Crippen LogP contribution in [0.3, 0.4) is 0 Å². The van der Waals surface area contributed by atoms with Gasteiger partial charge in [-0.05, 0) is 36.8 Å². The van der Waals surface area contributed by atoms with Crippen molar-refractivity contribution in [3.05, 3.63) is 35.5 Å². The highest BCUT2D eigenvalue weighted by Gasteiger charge is 2.18. The fraction of sp³-hybridized carbons (Fsp3) is 0.400. The number of aliphatic hydroxyl groups is 2. The number of carbonyl (C=O) groups is 1. The molecular formula is C15H19NO4S. The summed E-state index contributed by atoms with van der Waals surface area (Å²) in [6.07, 6.45) is -1.43.